The third-order valence-electron chi connectivity index (χ3n) is 11.4. The summed E-state index contributed by atoms with van der Waals surface area (Å²) in [6.45, 7) is 11.8. The van der Waals surface area contributed by atoms with Crippen LogP contribution in [0.2, 0.25) is 0 Å². The highest BCUT2D eigenvalue weighted by atomic mass is 35.5. The summed E-state index contributed by atoms with van der Waals surface area (Å²) in [7, 11) is 0. The Labute approximate surface area is 225 Å². The minimum Gasteiger partial charge on any atom is -0.456 e. The van der Waals surface area contributed by atoms with Gasteiger partial charge in [0.15, 0.2) is 0 Å². The molecule has 0 saturated heterocycles. The monoisotopic (exact) mass is 552 g/mol. The fourth-order valence-corrected chi connectivity index (χ4v) is 10.5. The highest BCUT2D eigenvalue weighted by molar-refractivity contribution is 6.33. The van der Waals surface area contributed by atoms with Crippen LogP contribution in [0.4, 0.5) is 13.2 Å². The van der Waals surface area contributed by atoms with E-state index in [9.17, 15) is 18.0 Å². The minimum absolute atomic E-state index is 0.196. The van der Waals surface area contributed by atoms with E-state index < -0.39 is 23.1 Å². The quantitative estimate of drug-likeness (QED) is 0.242. The summed E-state index contributed by atoms with van der Waals surface area (Å²) in [6, 6.07) is 0. The summed E-state index contributed by atoms with van der Waals surface area (Å²) >= 11 is 14.4. The zero-order valence-corrected chi connectivity index (χ0v) is 24.1. The van der Waals surface area contributed by atoms with Crippen molar-refractivity contribution in [3.63, 3.8) is 0 Å². The molecule has 0 aromatic heterocycles. The number of hydrogen-bond acceptors (Lipinski definition) is 2. The number of rotatable bonds is 6. The highest BCUT2D eigenvalue weighted by Crippen LogP contribution is 2.71. The lowest BCUT2D eigenvalue weighted by Crippen LogP contribution is -2.65. The summed E-state index contributed by atoms with van der Waals surface area (Å²) in [5.41, 5.74) is 0.0600. The van der Waals surface area contributed by atoms with Gasteiger partial charge in [0.25, 0.3) is 0 Å². The van der Waals surface area contributed by atoms with E-state index in [1.54, 1.807) is 0 Å². The van der Waals surface area contributed by atoms with Gasteiger partial charge in [-0.2, -0.15) is 13.2 Å². The second-order valence-corrected chi connectivity index (χ2v) is 14.9. The molecule has 4 aliphatic carbocycles. The van der Waals surface area contributed by atoms with Gasteiger partial charge in [0.2, 0.25) is 0 Å². The van der Waals surface area contributed by atoms with E-state index in [1.807, 2.05) is 0 Å². The molecular weight excluding hydrogens is 508 g/mol. The van der Waals surface area contributed by atoms with Gasteiger partial charge in [-0.3, -0.25) is 0 Å². The fraction of sp³-hybridized carbons (Fsp3) is 0.966. The van der Waals surface area contributed by atoms with Gasteiger partial charge >= 0.3 is 12.1 Å². The van der Waals surface area contributed by atoms with Crippen LogP contribution >= 0.6 is 23.2 Å². The molecule has 4 saturated carbocycles. The standard InChI is InChI=1S/C29H45Cl2F3O2/c1-17(2)7-6-8-18(3)21-9-10-22-20-15-24(30)28(31)16-19(36-25(35)29(32,33)34)11-14-27(28,5)23(20)12-13-26(21,22)4/h17-24H,6-16H2,1-5H3/t18-,19-,20+,21-,22+,23+,24-,26-,27-,28+/m1/s1. The predicted octanol–water partition coefficient (Wildman–Crippen LogP) is 9.16. The molecule has 0 radical (unpaired) electrons. The van der Waals surface area contributed by atoms with Crippen LogP contribution in [-0.2, 0) is 9.53 Å². The average molecular weight is 554 g/mol. The molecule has 4 rings (SSSR count). The van der Waals surface area contributed by atoms with Crippen molar-refractivity contribution in [2.45, 2.75) is 128 Å². The molecule has 0 N–H and O–H groups in total. The van der Waals surface area contributed by atoms with E-state index in [0.717, 1.165) is 30.6 Å². The highest BCUT2D eigenvalue weighted by Gasteiger charge is 2.67. The molecule has 36 heavy (non-hydrogen) atoms. The maximum absolute atomic E-state index is 12.8. The van der Waals surface area contributed by atoms with Crippen molar-refractivity contribution in [2.75, 3.05) is 0 Å². The third kappa shape index (κ3) is 4.84. The maximum atomic E-state index is 12.8. The predicted molar refractivity (Wildman–Crippen MR) is 139 cm³/mol. The van der Waals surface area contributed by atoms with E-state index in [4.69, 9.17) is 27.9 Å². The Kier molecular flexibility index (Phi) is 8.09. The molecule has 0 bridgehead atoms. The van der Waals surface area contributed by atoms with Crippen molar-refractivity contribution in [2.24, 2.45) is 46.3 Å². The molecule has 0 aromatic carbocycles. The van der Waals surface area contributed by atoms with Crippen molar-refractivity contribution in [3.05, 3.63) is 0 Å². The van der Waals surface area contributed by atoms with Crippen LogP contribution in [0.1, 0.15) is 105 Å². The van der Waals surface area contributed by atoms with E-state index in [-0.39, 0.29) is 17.2 Å². The van der Waals surface area contributed by atoms with E-state index in [2.05, 4.69) is 34.6 Å². The SMILES string of the molecule is CC(C)CCC[C@@H](C)[C@H]1CC[C@H]2[C@@H]3C[C@@H](Cl)[C@@]4(Cl)C[C@H](OC(=O)C(F)(F)F)CC[C@]4(C)[C@H]3CC[C@]12C. The first-order valence-corrected chi connectivity index (χ1v) is 15.1. The normalized spacial score (nSPS) is 45.5. The molecule has 4 aliphatic rings. The van der Waals surface area contributed by atoms with Crippen LogP contribution < -0.4 is 0 Å². The number of hydrogen-bond donors (Lipinski definition) is 0. The molecule has 7 heteroatoms. The molecule has 0 spiro atoms. The number of ether oxygens (including phenoxy) is 1. The first kappa shape index (κ1) is 28.8. The van der Waals surface area contributed by atoms with Gasteiger partial charge in [0.05, 0.1) is 10.3 Å². The lowest BCUT2D eigenvalue weighted by molar-refractivity contribution is -0.209. The van der Waals surface area contributed by atoms with Gasteiger partial charge in [0.1, 0.15) is 6.10 Å². The van der Waals surface area contributed by atoms with E-state index in [1.165, 1.54) is 38.5 Å². The molecule has 208 valence electrons. The van der Waals surface area contributed by atoms with Crippen LogP contribution in [-0.4, -0.2) is 28.5 Å². The van der Waals surface area contributed by atoms with Crippen LogP contribution in [0.3, 0.4) is 0 Å². The number of halogens is 5. The number of carbonyl (C=O) groups is 1. The average Bonchev–Trinajstić information content (AvgIpc) is 3.12. The molecule has 0 amide bonds. The lowest BCUT2D eigenvalue weighted by Gasteiger charge is -2.65. The van der Waals surface area contributed by atoms with Crippen LogP contribution in [0.5, 0.6) is 0 Å². The number of esters is 1. The fourth-order valence-electron chi connectivity index (χ4n) is 9.49. The number of carbonyl (C=O) groups excluding carboxylic acids is 1. The van der Waals surface area contributed by atoms with Crippen molar-refractivity contribution in [1.29, 1.82) is 0 Å². The van der Waals surface area contributed by atoms with Crippen molar-refractivity contribution in [3.8, 4) is 0 Å². The summed E-state index contributed by atoms with van der Waals surface area (Å²) < 4.78 is 43.3. The van der Waals surface area contributed by atoms with Crippen LogP contribution in [0.25, 0.3) is 0 Å². The lowest BCUT2D eigenvalue weighted by atomic mass is 9.44. The van der Waals surface area contributed by atoms with Gasteiger partial charge < -0.3 is 4.74 Å². The summed E-state index contributed by atoms with van der Waals surface area (Å²) in [5, 5.41) is -0.345. The Bertz CT molecular complexity index is 819. The Hall–Kier alpha value is -0.160. The molecule has 0 aliphatic heterocycles. The van der Waals surface area contributed by atoms with Crippen LogP contribution in [0, 0.1) is 46.3 Å². The van der Waals surface area contributed by atoms with Crippen molar-refractivity contribution in [1.82, 2.24) is 0 Å². The second-order valence-electron chi connectivity index (χ2n) is 13.7. The van der Waals surface area contributed by atoms with Gasteiger partial charge in [-0.25, -0.2) is 4.79 Å². The van der Waals surface area contributed by atoms with Gasteiger partial charge in [0, 0.05) is 6.42 Å². The molecule has 0 unspecified atom stereocenters. The first-order valence-electron chi connectivity index (χ1n) is 14.2. The Morgan fingerprint density at radius 2 is 1.72 bits per heavy atom. The van der Waals surface area contributed by atoms with Gasteiger partial charge in [-0.1, -0.05) is 53.9 Å². The first-order chi connectivity index (χ1) is 16.6. The van der Waals surface area contributed by atoms with Crippen molar-refractivity contribution < 1.29 is 22.7 Å². The topological polar surface area (TPSA) is 26.3 Å². The largest absolute Gasteiger partial charge is 0.490 e. The van der Waals surface area contributed by atoms with Crippen LogP contribution in [0.15, 0.2) is 0 Å². The van der Waals surface area contributed by atoms with Gasteiger partial charge in [-0.15, -0.1) is 23.2 Å². The second kappa shape index (κ2) is 10.1. The molecule has 10 atom stereocenters. The summed E-state index contributed by atoms with van der Waals surface area (Å²) in [6.07, 6.45) is 4.98. The van der Waals surface area contributed by atoms with E-state index in [0.29, 0.717) is 36.0 Å². The summed E-state index contributed by atoms with van der Waals surface area (Å²) in [4.78, 5) is 10.6. The number of fused-ring (bicyclic) bond motifs is 5. The van der Waals surface area contributed by atoms with E-state index >= 15 is 0 Å². The molecule has 0 heterocycles. The Morgan fingerprint density at radius 1 is 1.03 bits per heavy atom. The molecular formula is C29H45Cl2F3O2. The molecule has 2 nitrogen and oxygen atoms in total. The minimum atomic E-state index is -4.99. The Balaban J connectivity index is 1.49. The zero-order chi connectivity index (χ0) is 26.7. The Morgan fingerprint density at radius 3 is 2.36 bits per heavy atom. The zero-order valence-electron chi connectivity index (χ0n) is 22.6. The molecule has 0 aromatic rings. The molecule has 4 fully saturated rings. The summed E-state index contributed by atoms with van der Waals surface area (Å²) in [5.74, 6) is 1.66. The smallest absolute Gasteiger partial charge is 0.456 e. The van der Waals surface area contributed by atoms with Gasteiger partial charge in [-0.05, 0) is 91.3 Å². The van der Waals surface area contributed by atoms with Crippen molar-refractivity contribution >= 4 is 29.2 Å². The number of alkyl halides is 5. The maximum Gasteiger partial charge on any atom is 0.490 e. The third-order valence-corrected chi connectivity index (χ3v) is 12.9.